The van der Waals surface area contributed by atoms with Crippen molar-refractivity contribution in [1.29, 1.82) is 0 Å². The number of amides is 1. The van der Waals surface area contributed by atoms with Gasteiger partial charge in [-0.05, 0) is 38.0 Å². The fourth-order valence-corrected chi connectivity index (χ4v) is 2.46. The van der Waals surface area contributed by atoms with Crippen molar-refractivity contribution in [2.75, 3.05) is 18.5 Å². The average molecular weight is 326 g/mol. The average Bonchev–Trinajstić information content (AvgIpc) is 2.41. The second-order valence-corrected chi connectivity index (χ2v) is 5.57. The van der Waals surface area contributed by atoms with Crippen LogP contribution in [0, 0.1) is 5.92 Å². The Bertz CT molecular complexity index is 495. The van der Waals surface area contributed by atoms with Gasteiger partial charge in [0.25, 0.3) is 0 Å². The number of hydrogen-bond acceptors (Lipinski definition) is 3. The molecule has 1 N–H and O–H groups in total. The highest BCUT2D eigenvalue weighted by molar-refractivity contribution is 9.10. The van der Waals surface area contributed by atoms with E-state index in [2.05, 4.69) is 21.2 Å². The Morgan fingerprint density at radius 3 is 2.84 bits per heavy atom. The number of ether oxygens (including phenoxy) is 1. The molecule has 0 saturated carbocycles. The van der Waals surface area contributed by atoms with E-state index in [1.165, 1.54) is 6.92 Å². The Labute approximate surface area is 120 Å². The molecule has 1 saturated heterocycles. The van der Waals surface area contributed by atoms with Crippen LogP contribution in [-0.4, -0.2) is 24.9 Å². The van der Waals surface area contributed by atoms with Crippen molar-refractivity contribution in [3.05, 3.63) is 28.2 Å². The number of halogens is 1. The number of carbonyl (C=O) groups excluding carboxylic acids is 2. The van der Waals surface area contributed by atoms with Gasteiger partial charge >= 0.3 is 0 Å². The van der Waals surface area contributed by atoms with Gasteiger partial charge in [-0.25, -0.2) is 0 Å². The Morgan fingerprint density at radius 1 is 1.42 bits per heavy atom. The molecule has 4 nitrogen and oxygen atoms in total. The van der Waals surface area contributed by atoms with E-state index >= 15 is 0 Å². The van der Waals surface area contributed by atoms with Crippen LogP contribution in [0.5, 0.6) is 0 Å². The lowest BCUT2D eigenvalue weighted by atomic mass is 10.0. The summed E-state index contributed by atoms with van der Waals surface area (Å²) in [5.41, 5.74) is 1.07. The topological polar surface area (TPSA) is 55.4 Å². The van der Waals surface area contributed by atoms with Crippen molar-refractivity contribution in [2.24, 2.45) is 5.92 Å². The lowest BCUT2D eigenvalue weighted by molar-refractivity contribution is -0.123. The quantitative estimate of drug-likeness (QED) is 0.869. The highest BCUT2D eigenvalue weighted by atomic mass is 79.9. The molecule has 0 aromatic heterocycles. The second kappa shape index (κ2) is 6.30. The summed E-state index contributed by atoms with van der Waals surface area (Å²) in [4.78, 5) is 23.7. The van der Waals surface area contributed by atoms with E-state index in [-0.39, 0.29) is 17.6 Å². The first-order valence-corrected chi connectivity index (χ1v) is 7.06. The van der Waals surface area contributed by atoms with E-state index in [0.29, 0.717) is 17.9 Å². The molecule has 0 radical (unpaired) electrons. The van der Waals surface area contributed by atoms with Crippen molar-refractivity contribution in [1.82, 2.24) is 0 Å². The predicted octanol–water partition coefficient (Wildman–Crippen LogP) is 3.02. The third-order valence-corrected chi connectivity index (χ3v) is 3.64. The van der Waals surface area contributed by atoms with E-state index in [1.807, 2.05) is 0 Å². The molecule has 5 heteroatoms. The van der Waals surface area contributed by atoms with Crippen molar-refractivity contribution in [3.63, 3.8) is 0 Å². The first-order chi connectivity index (χ1) is 9.08. The molecule has 1 aromatic carbocycles. The molecule has 1 aliphatic rings. The minimum absolute atomic E-state index is 0.0727. The van der Waals surface area contributed by atoms with Gasteiger partial charge in [0, 0.05) is 16.6 Å². The van der Waals surface area contributed by atoms with Crippen LogP contribution < -0.4 is 5.32 Å². The molecule has 0 bridgehead atoms. The van der Waals surface area contributed by atoms with E-state index in [9.17, 15) is 9.59 Å². The number of carbonyl (C=O) groups is 2. The second-order valence-electron chi connectivity index (χ2n) is 4.65. The summed E-state index contributed by atoms with van der Waals surface area (Å²) >= 11 is 3.32. The molecule has 0 unspecified atom stereocenters. The van der Waals surface area contributed by atoms with Crippen LogP contribution in [0.25, 0.3) is 0 Å². The number of anilines is 1. The van der Waals surface area contributed by atoms with Crippen LogP contribution in [0.1, 0.15) is 30.1 Å². The third kappa shape index (κ3) is 3.64. The Morgan fingerprint density at radius 2 is 2.21 bits per heavy atom. The monoisotopic (exact) mass is 325 g/mol. The maximum Gasteiger partial charge on any atom is 0.229 e. The SMILES string of the molecule is CC(=O)c1cc(Br)ccc1NC(=O)[C@H]1CCCOC1. The number of benzene rings is 1. The number of ketones is 1. The lowest BCUT2D eigenvalue weighted by Gasteiger charge is -2.21. The van der Waals surface area contributed by atoms with Crippen LogP contribution in [0.2, 0.25) is 0 Å². The van der Waals surface area contributed by atoms with E-state index in [1.54, 1.807) is 18.2 Å². The number of nitrogens with one attached hydrogen (secondary N) is 1. The van der Waals surface area contributed by atoms with Gasteiger partial charge in [-0.2, -0.15) is 0 Å². The number of hydrogen-bond donors (Lipinski definition) is 1. The first kappa shape index (κ1) is 14.2. The molecule has 19 heavy (non-hydrogen) atoms. The molecular weight excluding hydrogens is 310 g/mol. The van der Waals surface area contributed by atoms with Gasteiger partial charge in [0.2, 0.25) is 5.91 Å². The molecule has 1 atom stereocenters. The van der Waals surface area contributed by atoms with Gasteiger partial charge in [-0.3, -0.25) is 9.59 Å². The minimum Gasteiger partial charge on any atom is -0.381 e. The van der Waals surface area contributed by atoms with E-state index in [4.69, 9.17) is 4.74 Å². The molecular formula is C14H16BrNO3. The summed E-state index contributed by atoms with van der Waals surface area (Å²) in [5, 5.41) is 2.83. The number of rotatable bonds is 3. The molecule has 1 heterocycles. The van der Waals surface area contributed by atoms with Crippen molar-refractivity contribution < 1.29 is 14.3 Å². The van der Waals surface area contributed by atoms with Crippen LogP contribution >= 0.6 is 15.9 Å². The van der Waals surface area contributed by atoms with Crippen LogP contribution in [0.15, 0.2) is 22.7 Å². The van der Waals surface area contributed by atoms with Crippen LogP contribution in [-0.2, 0) is 9.53 Å². The van der Waals surface area contributed by atoms with Gasteiger partial charge < -0.3 is 10.1 Å². The first-order valence-electron chi connectivity index (χ1n) is 6.27. The molecule has 1 aliphatic heterocycles. The molecule has 102 valence electrons. The summed E-state index contributed by atoms with van der Waals surface area (Å²) in [6, 6.07) is 5.26. The Balaban J connectivity index is 2.13. The van der Waals surface area contributed by atoms with E-state index < -0.39 is 0 Å². The smallest absolute Gasteiger partial charge is 0.229 e. The van der Waals surface area contributed by atoms with Gasteiger partial charge in [0.1, 0.15) is 0 Å². The fraction of sp³-hybridized carbons (Fsp3) is 0.429. The fourth-order valence-electron chi connectivity index (χ4n) is 2.10. The Hall–Kier alpha value is -1.20. The molecule has 0 spiro atoms. The van der Waals surface area contributed by atoms with Crippen molar-refractivity contribution in [2.45, 2.75) is 19.8 Å². The minimum atomic E-state index is -0.128. The molecule has 0 aliphatic carbocycles. The summed E-state index contributed by atoms with van der Waals surface area (Å²) in [6.45, 7) is 2.67. The highest BCUT2D eigenvalue weighted by Gasteiger charge is 2.22. The third-order valence-electron chi connectivity index (χ3n) is 3.15. The predicted molar refractivity (Wildman–Crippen MR) is 76.3 cm³/mol. The summed E-state index contributed by atoms with van der Waals surface area (Å²) < 4.78 is 6.12. The standard InChI is InChI=1S/C14H16BrNO3/c1-9(17)12-7-11(15)4-5-13(12)16-14(18)10-3-2-6-19-8-10/h4-5,7,10H,2-3,6,8H2,1H3,(H,16,18)/t10-/m0/s1. The zero-order valence-electron chi connectivity index (χ0n) is 10.7. The zero-order chi connectivity index (χ0) is 13.8. The Kier molecular flexibility index (Phi) is 4.71. The van der Waals surface area contributed by atoms with Gasteiger partial charge in [-0.1, -0.05) is 15.9 Å². The lowest BCUT2D eigenvalue weighted by Crippen LogP contribution is -2.30. The van der Waals surface area contributed by atoms with Gasteiger partial charge in [0.15, 0.2) is 5.78 Å². The summed E-state index contributed by atoms with van der Waals surface area (Å²) in [6.07, 6.45) is 1.73. The molecule has 1 fully saturated rings. The molecule has 1 aromatic rings. The van der Waals surface area contributed by atoms with Crippen LogP contribution in [0.3, 0.4) is 0 Å². The van der Waals surface area contributed by atoms with E-state index in [0.717, 1.165) is 23.9 Å². The highest BCUT2D eigenvalue weighted by Crippen LogP contribution is 2.23. The molecule has 2 rings (SSSR count). The molecule has 1 amide bonds. The zero-order valence-corrected chi connectivity index (χ0v) is 12.3. The maximum atomic E-state index is 12.1. The van der Waals surface area contributed by atoms with Gasteiger partial charge in [-0.15, -0.1) is 0 Å². The normalized spacial score (nSPS) is 18.9. The summed E-state index contributed by atoms with van der Waals surface area (Å²) in [7, 11) is 0. The van der Waals surface area contributed by atoms with Crippen molar-refractivity contribution in [3.8, 4) is 0 Å². The van der Waals surface area contributed by atoms with Crippen molar-refractivity contribution >= 4 is 33.3 Å². The largest absolute Gasteiger partial charge is 0.381 e. The van der Waals surface area contributed by atoms with Crippen LogP contribution in [0.4, 0.5) is 5.69 Å². The summed E-state index contributed by atoms with van der Waals surface area (Å²) in [5.74, 6) is -0.279. The van der Waals surface area contributed by atoms with Gasteiger partial charge in [0.05, 0.1) is 18.2 Å². The maximum absolute atomic E-state index is 12.1. The number of Topliss-reactive ketones (excluding diaryl/α,β-unsaturated/α-hetero) is 1.